The molecule has 0 aliphatic rings. The number of hydrogen-bond donors (Lipinski definition) is 0. The Morgan fingerprint density at radius 3 is 2.79 bits per heavy atom. The standard InChI is InChI=1S/C10H11N3O/c1-6-8(7(2)14)4-11-10-9(6)5-12-13(10)3/h4-5H,1-3H3. The molecule has 0 saturated carbocycles. The zero-order chi connectivity index (χ0) is 10.3. The van der Waals surface area contributed by atoms with Gasteiger partial charge < -0.3 is 0 Å². The van der Waals surface area contributed by atoms with Crippen molar-refractivity contribution in [2.75, 3.05) is 0 Å². The number of ketones is 1. The number of hydrogen-bond acceptors (Lipinski definition) is 3. The molecule has 2 rings (SSSR count). The van der Waals surface area contributed by atoms with Crippen molar-refractivity contribution in [3.05, 3.63) is 23.5 Å². The molecule has 0 bridgehead atoms. The van der Waals surface area contributed by atoms with Crippen molar-refractivity contribution in [2.24, 2.45) is 7.05 Å². The second kappa shape index (κ2) is 2.90. The number of carbonyl (C=O) groups is 1. The molecule has 0 saturated heterocycles. The fraction of sp³-hybridized carbons (Fsp3) is 0.300. The number of aryl methyl sites for hydroxylation is 2. The van der Waals surface area contributed by atoms with Gasteiger partial charge in [-0.3, -0.25) is 9.48 Å². The topological polar surface area (TPSA) is 47.8 Å². The summed E-state index contributed by atoms with van der Waals surface area (Å²) in [5, 5.41) is 5.04. The minimum absolute atomic E-state index is 0.0424. The third kappa shape index (κ3) is 1.11. The molecule has 0 aliphatic carbocycles. The first-order valence-corrected chi connectivity index (χ1v) is 4.39. The van der Waals surface area contributed by atoms with Crippen LogP contribution in [0, 0.1) is 6.92 Å². The van der Waals surface area contributed by atoms with E-state index in [0.717, 1.165) is 16.6 Å². The van der Waals surface area contributed by atoms with Crippen molar-refractivity contribution in [2.45, 2.75) is 13.8 Å². The fourth-order valence-corrected chi connectivity index (χ4v) is 1.57. The van der Waals surface area contributed by atoms with E-state index in [0.29, 0.717) is 5.56 Å². The molecule has 0 atom stereocenters. The van der Waals surface area contributed by atoms with Gasteiger partial charge in [0.1, 0.15) is 0 Å². The maximum Gasteiger partial charge on any atom is 0.161 e. The maximum atomic E-state index is 11.2. The van der Waals surface area contributed by atoms with Gasteiger partial charge in [-0.2, -0.15) is 5.10 Å². The molecule has 0 unspecified atom stereocenters. The summed E-state index contributed by atoms with van der Waals surface area (Å²) in [7, 11) is 1.84. The highest BCUT2D eigenvalue weighted by Crippen LogP contribution is 2.18. The summed E-state index contributed by atoms with van der Waals surface area (Å²) >= 11 is 0. The van der Waals surface area contributed by atoms with Gasteiger partial charge in [0.25, 0.3) is 0 Å². The number of Topliss-reactive ketones (excluding diaryl/α,β-unsaturated/α-hetero) is 1. The summed E-state index contributed by atoms with van der Waals surface area (Å²) in [6, 6.07) is 0. The minimum atomic E-state index is 0.0424. The summed E-state index contributed by atoms with van der Waals surface area (Å²) in [6.45, 7) is 3.47. The highest BCUT2D eigenvalue weighted by molar-refractivity contribution is 5.99. The zero-order valence-electron chi connectivity index (χ0n) is 8.40. The lowest BCUT2D eigenvalue weighted by atomic mass is 10.1. The van der Waals surface area contributed by atoms with Crippen molar-refractivity contribution in [1.29, 1.82) is 0 Å². The third-order valence-electron chi connectivity index (χ3n) is 2.41. The molecule has 0 N–H and O–H groups in total. The third-order valence-corrected chi connectivity index (χ3v) is 2.41. The lowest BCUT2D eigenvalue weighted by Crippen LogP contribution is -1.99. The SMILES string of the molecule is CC(=O)c1cnc2c(cnn2C)c1C. The summed E-state index contributed by atoms with van der Waals surface area (Å²) in [6.07, 6.45) is 3.35. The van der Waals surface area contributed by atoms with E-state index in [1.165, 1.54) is 0 Å². The second-order valence-corrected chi connectivity index (χ2v) is 3.36. The van der Waals surface area contributed by atoms with E-state index in [1.54, 1.807) is 24.0 Å². The zero-order valence-corrected chi connectivity index (χ0v) is 8.40. The molecule has 0 radical (unpaired) electrons. The summed E-state index contributed by atoms with van der Waals surface area (Å²) in [5.41, 5.74) is 2.44. The Bertz CT molecular complexity index is 513. The Hall–Kier alpha value is -1.71. The number of rotatable bonds is 1. The number of nitrogens with zero attached hydrogens (tertiary/aromatic N) is 3. The predicted octanol–water partition coefficient (Wildman–Crippen LogP) is 1.48. The minimum Gasteiger partial charge on any atom is -0.294 e. The Morgan fingerprint density at radius 2 is 2.14 bits per heavy atom. The van der Waals surface area contributed by atoms with Crippen molar-refractivity contribution in [3.63, 3.8) is 0 Å². The normalized spacial score (nSPS) is 10.8. The summed E-state index contributed by atoms with van der Waals surface area (Å²) in [5.74, 6) is 0.0424. The molecule has 72 valence electrons. The smallest absolute Gasteiger partial charge is 0.161 e. The number of pyridine rings is 1. The highest BCUT2D eigenvalue weighted by atomic mass is 16.1. The van der Waals surface area contributed by atoms with Crippen molar-refractivity contribution in [1.82, 2.24) is 14.8 Å². The average molecular weight is 189 g/mol. The van der Waals surface area contributed by atoms with Gasteiger partial charge in [0.05, 0.1) is 6.20 Å². The highest BCUT2D eigenvalue weighted by Gasteiger charge is 2.10. The largest absolute Gasteiger partial charge is 0.294 e. The lowest BCUT2D eigenvalue weighted by Gasteiger charge is -2.02. The van der Waals surface area contributed by atoms with E-state index in [2.05, 4.69) is 10.1 Å². The Labute approximate surface area is 81.6 Å². The van der Waals surface area contributed by atoms with Gasteiger partial charge in [-0.25, -0.2) is 4.98 Å². The monoisotopic (exact) mass is 189 g/mol. The number of fused-ring (bicyclic) bond motifs is 1. The quantitative estimate of drug-likeness (QED) is 0.638. The van der Waals surface area contributed by atoms with Crippen LogP contribution in [0.15, 0.2) is 12.4 Å². The molecule has 2 heterocycles. The molecular weight excluding hydrogens is 178 g/mol. The fourth-order valence-electron chi connectivity index (χ4n) is 1.57. The number of aromatic nitrogens is 3. The van der Waals surface area contributed by atoms with Gasteiger partial charge >= 0.3 is 0 Å². The van der Waals surface area contributed by atoms with Crippen LogP contribution in [0.2, 0.25) is 0 Å². The van der Waals surface area contributed by atoms with Gasteiger partial charge in [0.2, 0.25) is 0 Å². The molecule has 2 aromatic rings. The Morgan fingerprint density at radius 1 is 1.43 bits per heavy atom. The van der Waals surface area contributed by atoms with Crippen LogP contribution in [-0.4, -0.2) is 20.5 Å². The predicted molar refractivity (Wildman–Crippen MR) is 53.3 cm³/mol. The van der Waals surface area contributed by atoms with E-state index in [9.17, 15) is 4.79 Å². The average Bonchev–Trinajstić information content (AvgIpc) is 2.49. The van der Waals surface area contributed by atoms with Crippen LogP contribution in [0.4, 0.5) is 0 Å². The molecule has 2 aromatic heterocycles. The van der Waals surface area contributed by atoms with Crippen molar-refractivity contribution < 1.29 is 4.79 Å². The van der Waals surface area contributed by atoms with Crippen LogP contribution in [0.25, 0.3) is 11.0 Å². The molecule has 4 heteroatoms. The number of carbonyl (C=O) groups excluding carboxylic acids is 1. The van der Waals surface area contributed by atoms with Crippen LogP contribution in [0.1, 0.15) is 22.8 Å². The van der Waals surface area contributed by atoms with Crippen LogP contribution < -0.4 is 0 Å². The van der Waals surface area contributed by atoms with E-state index in [-0.39, 0.29) is 5.78 Å². The molecule has 14 heavy (non-hydrogen) atoms. The van der Waals surface area contributed by atoms with Gasteiger partial charge in [0, 0.05) is 24.2 Å². The van der Waals surface area contributed by atoms with E-state index in [1.807, 2.05) is 14.0 Å². The van der Waals surface area contributed by atoms with Gasteiger partial charge in [0.15, 0.2) is 11.4 Å². The van der Waals surface area contributed by atoms with Crippen molar-refractivity contribution in [3.8, 4) is 0 Å². The Kier molecular flexibility index (Phi) is 1.84. The van der Waals surface area contributed by atoms with Crippen LogP contribution >= 0.6 is 0 Å². The van der Waals surface area contributed by atoms with Crippen LogP contribution in [0.3, 0.4) is 0 Å². The van der Waals surface area contributed by atoms with E-state index >= 15 is 0 Å². The first-order chi connectivity index (χ1) is 6.61. The maximum absolute atomic E-state index is 11.2. The Balaban J connectivity index is 2.82. The molecule has 0 aliphatic heterocycles. The second-order valence-electron chi connectivity index (χ2n) is 3.36. The van der Waals surface area contributed by atoms with E-state index < -0.39 is 0 Å². The lowest BCUT2D eigenvalue weighted by molar-refractivity contribution is 0.101. The molecule has 0 fully saturated rings. The van der Waals surface area contributed by atoms with Gasteiger partial charge in [-0.15, -0.1) is 0 Å². The first kappa shape index (κ1) is 8.87. The van der Waals surface area contributed by atoms with E-state index in [4.69, 9.17) is 0 Å². The molecule has 0 spiro atoms. The first-order valence-electron chi connectivity index (χ1n) is 4.39. The molecular formula is C10H11N3O. The summed E-state index contributed by atoms with van der Waals surface area (Å²) in [4.78, 5) is 15.5. The summed E-state index contributed by atoms with van der Waals surface area (Å²) < 4.78 is 1.70. The van der Waals surface area contributed by atoms with Crippen LogP contribution in [0.5, 0.6) is 0 Å². The molecule has 0 aromatic carbocycles. The molecule has 0 amide bonds. The van der Waals surface area contributed by atoms with Gasteiger partial charge in [-0.05, 0) is 19.4 Å². The van der Waals surface area contributed by atoms with Crippen LogP contribution in [-0.2, 0) is 7.05 Å². The van der Waals surface area contributed by atoms with Gasteiger partial charge in [-0.1, -0.05) is 0 Å². The molecule has 4 nitrogen and oxygen atoms in total. The van der Waals surface area contributed by atoms with Crippen molar-refractivity contribution >= 4 is 16.8 Å².